The van der Waals surface area contributed by atoms with Gasteiger partial charge in [0.2, 0.25) is 0 Å². The molecule has 0 N–H and O–H groups in total. The lowest BCUT2D eigenvalue weighted by Gasteiger charge is -2.10. The van der Waals surface area contributed by atoms with E-state index in [-0.39, 0.29) is 10.8 Å². The predicted octanol–water partition coefficient (Wildman–Crippen LogP) is 4.45. The molecule has 90 valence electrons. The van der Waals surface area contributed by atoms with Crippen molar-refractivity contribution < 1.29 is 22.0 Å². The Morgan fingerprint density at radius 2 is 1.53 bits per heavy atom. The first-order valence-electron chi connectivity index (χ1n) is 4.75. The molecular weight excluding hydrogens is 239 g/mol. The highest BCUT2D eigenvalue weighted by atomic mass is 19.4. The van der Waals surface area contributed by atoms with Gasteiger partial charge in [0.15, 0.2) is 0 Å². The highest BCUT2D eigenvalue weighted by molar-refractivity contribution is 5.84. The van der Waals surface area contributed by atoms with Crippen molar-refractivity contribution in [1.82, 2.24) is 0 Å². The molecule has 17 heavy (non-hydrogen) atoms. The zero-order valence-corrected chi connectivity index (χ0v) is 8.70. The summed E-state index contributed by atoms with van der Waals surface area (Å²) >= 11 is 0. The smallest absolute Gasteiger partial charge is 0.206 e. The Labute approximate surface area is 93.7 Å². The molecule has 0 bridgehead atoms. The third-order valence-electron chi connectivity index (χ3n) is 2.44. The van der Waals surface area contributed by atoms with Crippen LogP contribution in [0.3, 0.4) is 0 Å². The van der Waals surface area contributed by atoms with Crippen molar-refractivity contribution in [2.45, 2.75) is 13.1 Å². The summed E-state index contributed by atoms with van der Waals surface area (Å²) in [6, 6.07) is 3.75. The van der Waals surface area contributed by atoms with Crippen molar-refractivity contribution in [2.24, 2.45) is 0 Å². The molecule has 0 nitrogen and oxygen atoms in total. The van der Waals surface area contributed by atoms with Crippen molar-refractivity contribution in [3.05, 3.63) is 47.0 Å². The van der Waals surface area contributed by atoms with Gasteiger partial charge in [0.1, 0.15) is 11.6 Å². The van der Waals surface area contributed by atoms with E-state index in [2.05, 4.69) is 0 Å². The molecule has 0 fully saturated rings. The van der Waals surface area contributed by atoms with E-state index in [0.717, 1.165) is 6.07 Å². The fourth-order valence-electron chi connectivity index (χ4n) is 1.70. The minimum Gasteiger partial charge on any atom is -0.206 e. The summed E-state index contributed by atoms with van der Waals surface area (Å²) in [5.74, 6) is -2.18. The summed E-state index contributed by atoms with van der Waals surface area (Å²) in [7, 11) is 0. The van der Waals surface area contributed by atoms with Gasteiger partial charge in [-0.05, 0) is 36.1 Å². The summed E-state index contributed by atoms with van der Waals surface area (Å²) < 4.78 is 64.0. The Kier molecular flexibility index (Phi) is 2.56. The standard InChI is InChI=1S/C12H7F5/c1-6-2-7-4-11(14)9(12(15,16)17)5-8(7)10(13)3-6/h2-5H,1H3. The van der Waals surface area contributed by atoms with Crippen molar-refractivity contribution in [3.8, 4) is 0 Å². The van der Waals surface area contributed by atoms with Crippen LogP contribution in [0, 0.1) is 18.6 Å². The number of aryl methyl sites for hydroxylation is 1. The van der Waals surface area contributed by atoms with Crippen LogP contribution in [-0.2, 0) is 6.18 Å². The molecule has 0 spiro atoms. The van der Waals surface area contributed by atoms with Crippen LogP contribution in [0.1, 0.15) is 11.1 Å². The Balaban J connectivity index is 2.81. The Morgan fingerprint density at radius 1 is 0.882 bits per heavy atom. The van der Waals surface area contributed by atoms with Crippen molar-refractivity contribution in [2.75, 3.05) is 0 Å². The van der Waals surface area contributed by atoms with Crippen LogP contribution in [0.4, 0.5) is 22.0 Å². The molecular formula is C12H7F5. The highest BCUT2D eigenvalue weighted by Crippen LogP contribution is 2.34. The Bertz CT molecular complexity index is 583. The van der Waals surface area contributed by atoms with Gasteiger partial charge in [-0.15, -0.1) is 0 Å². The maximum atomic E-state index is 13.5. The maximum Gasteiger partial charge on any atom is 0.419 e. The first-order chi connectivity index (χ1) is 7.79. The number of halogens is 5. The van der Waals surface area contributed by atoms with Crippen LogP contribution < -0.4 is 0 Å². The van der Waals surface area contributed by atoms with Gasteiger partial charge in [0.05, 0.1) is 5.56 Å². The molecule has 0 amide bonds. The topological polar surface area (TPSA) is 0 Å². The lowest BCUT2D eigenvalue weighted by molar-refractivity contribution is -0.139. The predicted molar refractivity (Wildman–Crippen MR) is 53.6 cm³/mol. The van der Waals surface area contributed by atoms with Crippen LogP contribution in [0.25, 0.3) is 10.8 Å². The van der Waals surface area contributed by atoms with Crippen LogP contribution >= 0.6 is 0 Å². The molecule has 0 heterocycles. The molecule has 0 aliphatic carbocycles. The van der Waals surface area contributed by atoms with Gasteiger partial charge < -0.3 is 0 Å². The number of hydrogen-bond acceptors (Lipinski definition) is 0. The number of hydrogen-bond donors (Lipinski definition) is 0. The zero-order valence-electron chi connectivity index (χ0n) is 8.70. The summed E-state index contributed by atoms with van der Waals surface area (Å²) in [6.07, 6.45) is -4.82. The van der Waals surface area contributed by atoms with Crippen molar-refractivity contribution in [1.29, 1.82) is 0 Å². The molecule has 0 aliphatic heterocycles. The van der Waals surface area contributed by atoms with Gasteiger partial charge in [0, 0.05) is 5.39 Å². The second kappa shape index (κ2) is 3.68. The molecule has 0 saturated carbocycles. The van der Waals surface area contributed by atoms with E-state index in [9.17, 15) is 22.0 Å². The van der Waals surface area contributed by atoms with E-state index in [1.807, 2.05) is 0 Å². The third-order valence-corrected chi connectivity index (χ3v) is 2.44. The van der Waals surface area contributed by atoms with Gasteiger partial charge in [0.25, 0.3) is 0 Å². The largest absolute Gasteiger partial charge is 0.419 e. The molecule has 0 aliphatic rings. The summed E-state index contributed by atoms with van der Waals surface area (Å²) in [5, 5.41) is -0.114. The number of fused-ring (bicyclic) bond motifs is 1. The van der Waals surface area contributed by atoms with Gasteiger partial charge in [-0.3, -0.25) is 0 Å². The van der Waals surface area contributed by atoms with Crippen LogP contribution in [0.15, 0.2) is 24.3 Å². The first kappa shape index (κ1) is 11.8. The van der Waals surface area contributed by atoms with Crippen molar-refractivity contribution in [3.63, 3.8) is 0 Å². The highest BCUT2D eigenvalue weighted by Gasteiger charge is 2.34. The molecule has 0 saturated heterocycles. The van der Waals surface area contributed by atoms with E-state index in [1.165, 1.54) is 6.07 Å². The Hall–Kier alpha value is -1.65. The Morgan fingerprint density at radius 3 is 2.12 bits per heavy atom. The average Bonchev–Trinajstić information content (AvgIpc) is 2.13. The lowest BCUT2D eigenvalue weighted by atomic mass is 10.0. The average molecular weight is 246 g/mol. The maximum absolute atomic E-state index is 13.5. The van der Waals surface area contributed by atoms with Gasteiger partial charge in [-0.1, -0.05) is 6.07 Å². The molecule has 2 aromatic carbocycles. The van der Waals surface area contributed by atoms with Crippen LogP contribution in [-0.4, -0.2) is 0 Å². The number of alkyl halides is 3. The molecule has 5 heteroatoms. The summed E-state index contributed by atoms with van der Waals surface area (Å²) in [6.45, 7) is 1.58. The monoisotopic (exact) mass is 246 g/mol. The second-order valence-corrected chi connectivity index (χ2v) is 3.80. The van der Waals surface area contributed by atoms with E-state index in [4.69, 9.17) is 0 Å². The second-order valence-electron chi connectivity index (χ2n) is 3.80. The summed E-state index contributed by atoms with van der Waals surface area (Å²) in [4.78, 5) is 0. The number of benzene rings is 2. The van der Waals surface area contributed by atoms with Crippen LogP contribution in [0.5, 0.6) is 0 Å². The molecule has 2 rings (SSSR count). The molecule has 0 unspecified atom stereocenters. The number of rotatable bonds is 0. The minimum absolute atomic E-state index is 0.119. The van der Waals surface area contributed by atoms with E-state index in [0.29, 0.717) is 17.7 Å². The van der Waals surface area contributed by atoms with E-state index >= 15 is 0 Å². The van der Waals surface area contributed by atoms with Crippen molar-refractivity contribution >= 4 is 10.8 Å². The molecule has 0 atom stereocenters. The fourth-order valence-corrected chi connectivity index (χ4v) is 1.70. The quantitative estimate of drug-likeness (QED) is 0.602. The van der Waals surface area contributed by atoms with E-state index in [1.54, 1.807) is 6.92 Å². The van der Waals surface area contributed by atoms with Crippen LogP contribution in [0.2, 0.25) is 0 Å². The minimum atomic E-state index is -4.82. The third kappa shape index (κ3) is 2.09. The first-order valence-corrected chi connectivity index (χ1v) is 4.75. The lowest BCUT2D eigenvalue weighted by Crippen LogP contribution is -2.08. The van der Waals surface area contributed by atoms with Gasteiger partial charge >= 0.3 is 6.18 Å². The zero-order chi connectivity index (χ0) is 12.8. The van der Waals surface area contributed by atoms with Gasteiger partial charge in [-0.25, -0.2) is 8.78 Å². The molecule has 0 radical (unpaired) electrons. The molecule has 0 aromatic heterocycles. The fraction of sp³-hybridized carbons (Fsp3) is 0.167. The summed E-state index contributed by atoms with van der Waals surface area (Å²) in [5.41, 5.74) is -0.929. The van der Waals surface area contributed by atoms with E-state index < -0.39 is 23.4 Å². The SMILES string of the molecule is Cc1cc(F)c2cc(C(F)(F)F)c(F)cc2c1. The molecule has 2 aromatic rings. The normalized spacial score (nSPS) is 12.1. The van der Waals surface area contributed by atoms with Gasteiger partial charge in [-0.2, -0.15) is 13.2 Å².